The van der Waals surface area contributed by atoms with E-state index in [4.69, 9.17) is 5.11 Å². The van der Waals surface area contributed by atoms with Crippen molar-refractivity contribution >= 4 is 11.8 Å². The van der Waals surface area contributed by atoms with Crippen LogP contribution < -0.4 is 0 Å². The summed E-state index contributed by atoms with van der Waals surface area (Å²) in [6, 6.07) is 17.1. The number of carboxylic acid groups (broad SMARTS) is 1. The minimum atomic E-state index is -0.945. The molecule has 0 heterocycles. The van der Waals surface area contributed by atoms with Gasteiger partial charge in [0.15, 0.2) is 5.78 Å². The van der Waals surface area contributed by atoms with Gasteiger partial charge in [-0.2, -0.15) is 0 Å². The van der Waals surface area contributed by atoms with E-state index >= 15 is 0 Å². The molecule has 1 N–H and O–H groups in total. The number of aliphatic carboxylic acids is 1. The Morgan fingerprint density at radius 1 is 0.909 bits per heavy atom. The summed E-state index contributed by atoms with van der Waals surface area (Å²) >= 11 is 0. The Morgan fingerprint density at radius 2 is 1.41 bits per heavy atom. The van der Waals surface area contributed by atoms with Crippen LogP contribution in [-0.4, -0.2) is 16.9 Å². The van der Waals surface area contributed by atoms with Gasteiger partial charge in [-0.25, -0.2) is 0 Å². The third kappa shape index (κ3) is 4.85. The van der Waals surface area contributed by atoms with E-state index in [9.17, 15) is 9.59 Å². The number of Topliss-reactive ketones (excluding diaryl/α,β-unsaturated/α-hetero) is 1. The van der Waals surface area contributed by atoms with E-state index in [0.29, 0.717) is 5.56 Å². The summed E-state index contributed by atoms with van der Waals surface area (Å²) < 4.78 is 0. The van der Waals surface area contributed by atoms with Crippen LogP contribution in [0.5, 0.6) is 0 Å². The number of carbonyl (C=O) groups excluding carboxylic acids is 1. The highest BCUT2D eigenvalue weighted by Gasteiger charge is 2.16. The van der Waals surface area contributed by atoms with Crippen molar-refractivity contribution in [3.8, 4) is 11.1 Å². The fourth-order valence-corrected chi connectivity index (χ4v) is 1.96. The van der Waals surface area contributed by atoms with Crippen LogP contribution in [-0.2, 0) is 4.79 Å². The summed E-state index contributed by atoms with van der Waals surface area (Å²) in [6.07, 6.45) is 0.0278. The molecule has 22 heavy (non-hydrogen) atoms. The highest BCUT2D eigenvalue weighted by atomic mass is 16.4. The highest BCUT2D eigenvalue weighted by Crippen LogP contribution is 2.20. The zero-order chi connectivity index (χ0) is 16.5. The third-order valence-electron chi connectivity index (χ3n) is 3.23. The van der Waals surface area contributed by atoms with Crippen LogP contribution in [0.1, 0.15) is 37.6 Å². The van der Waals surface area contributed by atoms with E-state index < -0.39 is 11.9 Å². The van der Waals surface area contributed by atoms with Gasteiger partial charge in [0.2, 0.25) is 0 Å². The average Bonchev–Trinajstić information content (AvgIpc) is 2.57. The van der Waals surface area contributed by atoms with Crippen molar-refractivity contribution in [3.05, 3.63) is 60.2 Å². The first kappa shape index (κ1) is 17.6. The Morgan fingerprint density at radius 3 is 1.91 bits per heavy atom. The molecule has 2 rings (SSSR count). The Bertz CT molecular complexity index is 600. The fraction of sp³-hybridized carbons (Fsp3) is 0.263. The molecule has 2 aromatic rings. The van der Waals surface area contributed by atoms with Crippen molar-refractivity contribution < 1.29 is 14.7 Å². The smallest absolute Gasteiger partial charge is 0.306 e. The SMILES string of the molecule is CC.C[C@H](CC(=O)c1ccc(-c2ccccc2)cc1)C(=O)O. The maximum absolute atomic E-state index is 11.9. The maximum Gasteiger partial charge on any atom is 0.306 e. The van der Waals surface area contributed by atoms with Crippen LogP contribution in [0.25, 0.3) is 11.1 Å². The zero-order valence-corrected chi connectivity index (χ0v) is 13.2. The molecule has 0 aliphatic carbocycles. The number of rotatable bonds is 5. The first-order valence-electron chi connectivity index (χ1n) is 7.49. The lowest BCUT2D eigenvalue weighted by molar-refractivity contribution is -0.141. The van der Waals surface area contributed by atoms with Crippen molar-refractivity contribution in [1.29, 1.82) is 0 Å². The summed E-state index contributed by atoms with van der Waals surface area (Å²) in [5, 5.41) is 8.82. The molecule has 1 atom stereocenters. The molecule has 3 heteroatoms. The summed E-state index contributed by atoms with van der Waals surface area (Å²) in [5.74, 6) is -1.74. The standard InChI is InChI=1S/C17H16O3.C2H6/c1-12(17(19)20)11-16(18)15-9-7-14(8-10-15)13-5-3-2-4-6-13;1-2/h2-10,12H,11H2,1H3,(H,19,20);1-2H3/t12-;/m1./s1. The molecule has 0 saturated heterocycles. The van der Waals surface area contributed by atoms with Crippen molar-refractivity contribution in [2.75, 3.05) is 0 Å². The van der Waals surface area contributed by atoms with Gasteiger partial charge in [-0.3, -0.25) is 9.59 Å². The molecule has 3 nitrogen and oxygen atoms in total. The molecular weight excluding hydrogens is 276 g/mol. The summed E-state index contributed by atoms with van der Waals surface area (Å²) in [5.41, 5.74) is 2.68. The molecule has 0 spiro atoms. The van der Waals surface area contributed by atoms with E-state index in [1.54, 1.807) is 19.1 Å². The average molecular weight is 298 g/mol. The van der Waals surface area contributed by atoms with Crippen molar-refractivity contribution in [1.82, 2.24) is 0 Å². The first-order chi connectivity index (χ1) is 10.6. The van der Waals surface area contributed by atoms with Gasteiger partial charge in [0.1, 0.15) is 0 Å². The topological polar surface area (TPSA) is 54.4 Å². The Hall–Kier alpha value is -2.42. The summed E-state index contributed by atoms with van der Waals surface area (Å²) in [7, 11) is 0. The largest absolute Gasteiger partial charge is 0.481 e. The number of hydrogen-bond acceptors (Lipinski definition) is 2. The van der Waals surface area contributed by atoms with Gasteiger partial charge < -0.3 is 5.11 Å². The normalized spacial score (nSPS) is 11.0. The predicted octanol–water partition coefficient (Wildman–Crippen LogP) is 4.67. The second kappa shape index (κ2) is 8.78. The van der Waals surface area contributed by atoms with Gasteiger partial charge in [-0.15, -0.1) is 0 Å². The second-order valence-corrected chi connectivity index (χ2v) is 4.81. The molecule has 0 radical (unpaired) electrons. The molecule has 0 aliphatic rings. The molecule has 0 amide bonds. The van der Waals surface area contributed by atoms with E-state index in [-0.39, 0.29) is 12.2 Å². The molecule has 2 aromatic carbocycles. The molecule has 0 aromatic heterocycles. The molecule has 0 aliphatic heterocycles. The van der Waals surface area contributed by atoms with Gasteiger partial charge in [0.25, 0.3) is 0 Å². The lowest BCUT2D eigenvalue weighted by atomic mass is 9.97. The molecule has 0 fully saturated rings. The fourth-order valence-electron chi connectivity index (χ4n) is 1.96. The van der Waals surface area contributed by atoms with Crippen molar-refractivity contribution in [2.45, 2.75) is 27.2 Å². The van der Waals surface area contributed by atoms with Gasteiger partial charge in [0.05, 0.1) is 5.92 Å². The molecule has 0 saturated carbocycles. The van der Waals surface area contributed by atoms with Gasteiger partial charge >= 0.3 is 5.97 Å². The minimum Gasteiger partial charge on any atom is -0.481 e. The monoisotopic (exact) mass is 298 g/mol. The lowest BCUT2D eigenvalue weighted by Crippen LogP contribution is -2.14. The molecular formula is C19H22O3. The van der Waals surface area contributed by atoms with Crippen LogP contribution in [0.15, 0.2) is 54.6 Å². The van der Waals surface area contributed by atoms with Gasteiger partial charge in [-0.05, 0) is 11.1 Å². The lowest BCUT2D eigenvalue weighted by Gasteiger charge is -2.06. The van der Waals surface area contributed by atoms with Gasteiger partial charge in [-0.1, -0.05) is 75.4 Å². The van der Waals surface area contributed by atoms with E-state index in [0.717, 1.165) is 11.1 Å². The summed E-state index contributed by atoms with van der Waals surface area (Å²) in [6.45, 7) is 5.54. The third-order valence-corrected chi connectivity index (χ3v) is 3.23. The number of benzene rings is 2. The number of carboxylic acids is 1. The number of carbonyl (C=O) groups is 2. The van der Waals surface area contributed by atoms with Crippen LogP contribution in [0.4, 0.5) is 0 Å². The number of ketones is 1. The first-order valence-corrected chi connectivity index (χ1v) is 7.49. The highest BCUT2D eigenvalue weighted by molar-refractivity contribution is 5.98. The van der Waals surface area contributed by atoms with Crippen LogP contribution in [0, 0.1) is 5.92 Å². The van der Waals surface area contributed by atoms with Crippen LogP contribution in [0.3, 0.4) is 0 Å². The molecule has 0 bridgehead atoms. The quantitative estimate of drug-likeness (QED) is 0.816. The summed E-state index contributed by atoms with van der Waals surface area (Å²) in [4.78, 5) is 22.7. The maximum atomic E-state index is 11.9. The Labute approximate surface area is 131 Å². The van der Waals surface area contributed by atoms with Gasteiger partial charge in [0, 0.05) is 12.0 Å². The zero-order valence-electron chi connectivity index (χ0n) is 13.2. The molecule has 0 unspecified atom stereocenters. The van der Waals surface area contributed by atoms with Crippen molar-refractivity contribution in [2.24, 2.45) is 5.92 Å². The van der Waals surface area contributed by atoms with Crippen LogP contribution in [0.2, 0.25) is 0 Å². The van der Waals surface area contributed by atoms with E-state index in [2.05, 4.69) is 0 Å². The predicted molar refractivity (Wildman–Crippen MR) is 89.0 cm³/mol. The van der Waals surface area contributed by atoms with Crippen LogP contribution >= 0.6 is 0 Å². The Kier molecular flexibility index (Phi) is 7.03. The Balaban J connectivity index is 0.00000116. The van der Waals surface area contributed by atoms with E-state index in [1.165, 1.54) is 0 Å². The van der Waals surface area contributed by atoms with Crippen molar-refractivity contribution in [3.63, 3.8) is 0 Å². The number of hydrogen-bond donors (Lipinski definition) is 1. The molecule has 116 valence electrons. The van der Waals surface area contributed by atoms with E-state index in [1.807, 2.05) is 56.3 Å². The second-order valence-electron chi connectivity index (χ2n) is 4.81. The minimum absolute atomic E-state index is 0.0278.